The summed E-state index contributed by atoms with van der Waals surface area (Å²) in [7, 11) is 8.71. The lowest BCUT2D eigenvalue weighted by atomic mass is 10.3. The molecule has 0 heterocycles. The number of ether oxygens (including phenoxy) is 4. The van der Waals surface area contributed by atoms with Gasteiger partial charge in [0, 0.05) is 30.3 Å². The zero-order valence-corrected chi connectivity index (χ0v) is 18.6. The molecule has 0 N–H and O–H groups in total. The average Bonchev–Trinajstić information content (AvgIpc) is 2.67. The predicted molar refractivity (Wildman–Crippen MR) is 108 cm³/mol. The molecule has 0 bridgehead atoms. The van der Waals surface area contributed by atoms with E-state index in [0.717, 1.165) is 24.3 Å². The minimum absolute atomic E-state index is 0.0671. The molecule has 30 heavy (non-hydrogen) atoms. The molecule has 0 aliphatic carbocycles. The van der Waals surface area contributed by atoms with Crippen molar-refractivity contribution in [1.82, 2.24) is 4.90 Å². The molecule has 0 amide bonds. The molecule has 0 saturated carbocycles. The van der Waals surface area contributed by atoms with Gasteiger partial charge < -0.3 is 28.3 Å². The van der Waals surface area contributed by atoms with Gasteiger partial charge in [-0.1, -0.05) is 0 Å². The first kappa shape index (κ1) is 27.3. The topological polar surface area (TPSA) is 108 Å². The number of esters is 4. The Morgan fingerprint density at radius 1 is 0.800 bits per heavy atom. The van der Waals surface area contributed by atoms with Crippen molar-refractivity contribution < 1.29 is 42.6 Å². The molecule has 0 aromatic heterocycles. The van der Waals surface area contributed by atoms with Gasteiger partial charge in [-0.2, -0.15) is 0 Å². The van der Waals surface area contributed by atoms with Gasteiger partial charge in [0.15, 0.2) is 0 Å². The minimum atomic E-state index is -0.649. The van der Waals surface area contributed by atoms with Crippen molar-refractivity contribution in [3.8, 4) is 0 Å². The van der Waals surface area contributed by atoms with Crippen LogP contribution in [0.15, 0.2) is 24.3 Å². The third-order valence-corrected chi connectivity index (χ3v) is 4.14. The smallest absolute Gasteiger partial charge is 0.331 e. The molecular formula is C20H33N2O8+. The second-order valence-electron chi connectivity index (χ2n) is 7.35. The molecular weight excluding hydrogens is 396 g/mol. The number of likely N-dealkylation sites (N-methyl/N-ethyl adjacent to an activating group) is 2. The molecule has 1 unspecified atom stereocenters. The first-order valence-corrected chi connectivity index (χ1v) is 9.39. The van der Waals surface area contributed by atoms with Gasteiger partial charge in [0.1, 0.15) is 32.9 Å². The first-order chi connectivity index (χ1) is 14.0. The number of carbonyl (C=O) groups is 4. The van der Waals surface area contributed by atoms with E-state index in [2.05, 4.69) is 4.74 Å². The van der Waals surface area contributed by atoms with Crippen LogP contribution in [0.3, 0.4) is 0 Å². The Kier molecular flexibility index (Phi) is 13.0. The number of carbonyl (C=O) groups excluding carboxylic acids is 4. The highest BCUT2D eigenvalue weighted by atomic mass is 16.5. The van der Waals surface area contributed by atoms with Crippen LogP contribution in [-0.2, 0) is 38.1 Å². The van der Waals surface area contributed by atoms with Crippen molar-refractivity contribution in [3.63, 3.8) is 0 Å². The minimum Gasteiger partial charge on any atom is -0.466 e. The Morgan fingerprint density at radius 3 is 1.60 bits per heavy atom. The molecule has 170 valence electrons. The van der Waals surface area contributed by atoms with Crippen molar-refractivity contribution in [2.45, 2.75) is 13.0 Å². The van der Waals surface area contributed by atoms with Crippen LogP contribution in [0.25, 0.3) is 0 Å². The van der Waals surface area contributed by atoms with Gasteiger partial charge in [-0.15, -0.1) is 0 Å². The van der Waals surface area contributed by atoms with E-state index in [4.69, 9.17) is 14.2 Å². The maximum atomic E-state index is 11.7. The lowest BCUT2D eigenvalue weighted by Crippen LogP contribution is -2.45. The van der Waals surface area contributed by atoms with Crippen LogP contribution in [0, 0.1) is 0 Å². The number of quaternary nitrogens is 1. The second-order valence-corrected chi connectivity index (χ2v) is 7.35. The molecule has 0 radical (unpaired) electrons. The van der Waals surface area contributed by atoms with Gasteiger partial charge in [0.25, 0.3) is 0 Å². The van der Waals surface area contributed by atoms with E-state index in [9.17, 15) is 19.2 Å². The summed E-state index contributed by atoms with van der Waals surface area (Å²) >= 11 is 0. The highest BCUT2D eigenvalue weighted by Crippen LogP contribution is 1.99. The number of hydrogen-bond acceptors (Lipinski definition) is 9. The zero-order valence-electron chi connectivity index (χ0n) is 18.6. The summed E-state index contributed by atoms with van der Waals surface area (Å²) in [6.45, 7) is 3.33. The Morgan fingerprint density at radius 2 is 1.20 bits per heavy atom. The average molecular weight is 429 g/mol. The van der Waals surface area contributed by atoms with Crippen molar-refractivity contribution in [2.24, 2.45) is 0 Å². The third-order valence-electron chi connectivity index (χ3n) is 4.14. The fraction of sp³-hybridized carbons (Fsp3) is 0.600. The number of methoxy groups -OCH3 is 1. The molecule has 0 saturated heterocycles. The van der Waals surface area contributed by atoms with Crippen molar-refractivity contribution in [1.29, 1.82) is 0 Å². The summed E-state index contributed by atoms with van der Waals surface area (Å²) in [5.41, 5.74) is 0. The molecule has 10 nitrogen and oxygen atoms in total. The fourth-order valence-corrected chi connectivity index (χ4v) is 1.73. The third kappa shape index (κ3) is 14.3. The van der Waals surface area contributed by atoms with Gasteiger partial charge in [0.2, 0.25) is 0 Å². The van der Waals surface area contributed by atoms with E-state index in [0.29, 0.717) is 17.6 Å². The molecule has 1 atom stereocenters. The van der Waals surface area contributed by atoms with Crippen LogP contribution in [0.1, 0.15) is 6.92 Å². The van der Waals surface area contributed by atoms with E-state index in [1.54, 1.807) is 0 Å². The standard InChI is InChI=1S/C20H33N2O8/c1-16(21(2)3)15-30-20(26)10-9-19(25)29-14-12-22(4,5)11-13-28-18(24)8-7-17(23)27-6/h7-10,16H,11-15H2,1-6H3/q+1/b8-7+,10-9+. The van der Waals surface area contributed by atoms with E-state index in [-0.39, 0.29) is 25.9 Å². The van der Waals surface area contributed by atoms with Crippen LogP contribution >= 0.6 is 0 Å². The number of nitrogens with zero attached hydrogens (tertiary/aromatic N) is 2. The molecule has 0 rings (SSSR count). The summed E-state index contributed by atoms with van der Waals surface area (Å²) in [5.74, 6) is -2.55. The monoisotopic (exact) mass is 429 g/mol. The van der Waals surface area contributed by atoms with Gasteiger partial charge in [-0.05, 0) is 21.0 Å². The lowest BCUT2D eigenvalue weighted by molar-refractivity contribution is -0.890. The van der Waals surface area contributed by atoms with Gasteiger partial charge in [-0.25, -0.2) is 19.2 Å². The van der Waals surface area contributed by atoms with E-state index in [1.807, 2.05) is 40.0 Å². The summed E-state index contributed by atoms with van der Waals surface area (Å²) in [5, 5.41) is 0. The van der Waals surface area contributed by atoms with Gasteiger partial charge >= 0.3 is 23.9 Å². The van der Waals surface area contributed by atoms with Crippen LogP contribution in [0.5, 0.6) is 0 Å². The molecule has 0 aliphatic rings. The number of hydrogen-bond donors (Lipinski definition) is 0. The van der Waals surface area contributed by atoms with E-state index < -0.39 is 23.9 Å². The molecule has 0 fully saturated rings. The van der Waals surface area contributed by atoms with Crippen LogP contribution < -0.4 is 0 Å². The second kappa shape index (κ2) is 14.3. The predicted octanol–water partition coefficient (Wildman–Crippen LogP) is -0.0721. The Labute approximate surface area is 177 Å². The normalized spacial score (nSPS) is 12.8. The van der Waals surface area contributed by atoms with Gasteiger partial charge in [-0.3, -0.25) is 0 Å². The van der Waals surface area contributed by atoms with Crippen LogP contribution in [0.2, 0.25) is 0 Å². The zero-order chi connectivity index (χ0) is 23.2. The van der Waals surface area contributed by atoms with Crippen molar-refractivity contribution in [2.75, 3.05) is 68.2 Å². The highest BCUT2D eigenvalue weighted by Gasteiger charge is 2.16. The Balaban J connectivity index is 4.11. The summed E-state index contributed by atoms with van der Waals surface area (Å²) < 4.78 is 19.9. The van der Waals surface area contributed by atoms with E-state index in [1.165, 1.54) is 7.11 Å². The van der Waals surface area contributed by atoms with Gasteiger partial charge in [0.05, 0.1) is 21.2 Å². The molecule has 0 aromatic carbocycles. The quantitative estimate of drug-likeness (QED) is 0.172. The molecule has 0 aliphatic heterocycles. The summed E-state index contributed by atoms with van der Waals surface area (Å²) in [4.78, 5) is 47.5. The lowest BCUT2D eigenvalue weighted by Gasteiger charge is -2.28. The maximum Gasteiger partial charge on any atom is 0.331 e. The number of rotatable bonds is 13. The summed E-state index contributed by atoms with van der Waals surface area (Å²) in [6, 6.07) is 0.0671. The SMILES string of the molecule is COC(=O)/C=C/C(=O)OCC[N+](C)(C)CCOC(=O)/C=C/C(=O)OCC(C)N(C)C. The maximum absolute atomic E-state index is 11.7. The Bertz CT molecular complexity index is 641. The van der Waals surface area contributed by atoms with Crippen LogP contribution in [0.4, 0.5) is 0 Å². The molecule has 10 heteroatoms. The largest absolute Gasteiger partial charge is 0.466 e. The molecule has 0 aromatic rings. The first-order valence-electron chi connectivity index (χ1n) is 9.39. The fourth-order valence-electron chi connectivity index (χ4n) is 1.73. The van der Waals surface area contributed by atoms with Crippen molar-refractivity contribution in [3.05, 3.63) is 24.3 Å². The summed E-state index contributed by atoms with van der Waals surface area (Å²) in [6.07, 6.45) is 4.03. The van der Waals surface area contributed by atoms with Crippen molar-refractivity contribution >= 4 is 23.9 Å². The van der Waals surface area contributed by atoms with E-state index >= 15 is 0 Å². The van der Waals surface area contributed by atoms with Crippen LogP contribution in [-0.4, -0.2) is 108 Å². The highest BCUT2D eigenvalue weighted by molar-refractivity contribution is 5.92. The Hall–Kier alpha value is -2.72. The molecule has 0 spiro atoms.